The number of aryl methyl sites for hydroxylation is 1. The van der Waals surface area contributed by atoms with Crippen molar-refractivity contribution in [3.8, 4) is 5.75 Å². The van der Waals surface area contributed by atoms with Crippen molar-refractivity contribution in [1.29, 1.82) is 0 Å². The Morgan fingerprint density at radius 3 is 2.88 bits per heavy atom. The van der Waals surface area contributed by atoms with Crippen molar-refractivity contribution < 1.29 is 9.53 Å². The molecule has 0 bridgehead atoms. The van der Waals surface area contributed by atoms with Crippen LogP contribution in [0.3, 0.4) is 0 Å². The molecule has 1 fully saturated rings. The maximum atomic E-state index is 12.9. The smallest absolute Gasteiger partial charge is 0.227 e. The van der Waals surface area contributed by atoms with Crippen LogP contribution in [0.15, 0.2) is 42.7 Å². The van der Waals surface area contributed by atoms with Gasteiger partial charge in [-0.25, -0.2) is 0 Å². The van der Waals surface area contributed by atoms with Gasteiger partial charge in [-0.05, 0) is 55.3 Å². The van der Waals surface area contributed by atoms with Crippen molar-refractivity contribution in [2.75, 3.05) is 20.2 Å². The van der Waals surface area contributed by atoms with Crippen LogP contribution in [0.2, 0.25) is 0 Å². The Morgan fingerprint density at radius 2 is 2.09 bits per heavy atom. The van der Waals surface area contributed by atoms with Crippen LogP contribution >= 0.6 is 0 Å². The summed E-state index contributed by atoms with van der Waals surface area (Å²) in [4.78, 5) is 17.1. The molecule has 2 aliphatic rings. The Labute approximate surface area is 189 Å². The molecule has 0 saturated heterocycles. The van der Waals surface area contributed by atoms with E-state index in [9.17, 15) is 4.79 Å². The van der Waals surface area contributed by atoms with E-state index in [-0.39, 0.29) is 5.91 Å². The molecule has 1 aromatic carbocycles. The lowest BCUT2D eigenvalue weighted by Crippen LogP contribution is -2.33. The van der Waals surface area contributed by atoms with Gasteiger partial charge < -0.3 is 14.2 Å². The number of rotatable bonds is 7. The molecular formula is C25H31N5O2. The van der Waals surface area contributed by atoms with Crippen LogP contribution in [0.5, 0.6) is 5.75 Å². The first kappa shape index (κ1) is 20.8. The molecule has 7 heteroatoms. The number of amides is 1. The number of H-pyrrole nitrogens is 1. The molecular weight excluding hydrogens is 402 g/mol. The highest BCUT2D eigenvalue weighted by Crippen LogP contribution is 2.39. The Kier molecular flexibility index (Phi) is 5.74. The fraction of sp³-hybridized carbons (Fsp3) is 0.440. The number of benzene rings is 1. The van der Waals surface area contributed by atoms with Gasteiger partial charge >= 0.3 is 0 Å². The van der Waals surface area contributed by atoms with Crippen LogP contribution in [-0.2, 0) is 37.9 Å². The van der Waals surface area contributed by atoms with Crippen LogP contribution in [0.25, 0.3) is 0 Å². The number of aromatic amines is 1. The highest BCUT2D eigenvalue weighted by molar-refractivity contribution is 5.79. The predicted octanol–water partition coefficient (Wildman–Crippen LogP) is 3.22. The normalized spacial score (nSPS) is 16.0. The summed E-state index contributed by atoms with van der Waals surface area (Å²) in [5.41, 5.74) is 5.70. The number of nitrogens with one attached hydrogen (secondary N) is 1. The maximum Gasteiger partial charge on any atom is 0.227 e. The zero-order valence-corrected chi connectivity index (χ0v) is 18.9. The van der Waals surface area contributed by atoms with E-state index < -0.39 is 0 Å². The van der Waals surface area contributed by atoms with Crippen molar-refractivity contribution in [1.82, 2.24) is 24.6 Å². The molecule has 5 rings (SSSR count). The molecule has 2 aromatic heterocycles. The molecule has 1 amide bonds. The summed E-state index contributed by atoms with van der Waals surface area (Å²) in [5, 5.41) is 7.64. The van der Waals surface area contributed by atoms with Crippen LogP contribution in [-0.4, -0.2) is 50.7 Å². The predicted molar refractivity (Wildman–Crippen MR) is 122 cm³/mol. The zero-order valence-electron chi connectivity index (χ0n) is 18.9. The van der Waals surface area contributed by atoms with Crippen molar-refractivity contribution in [3.63, 3.8) is 0 Å². The minimum absolute atomic E-state index is 0.140. The molecule has 1 N–H and O–H groups in total. The molecule has 1 aliphatic carbocycles. The van der Waals surface area contributed by atoms with Crippen molar-refractivity contribution in [2.45, 2.75) is 44.8 Å². The number of hydrogen-bond acceptors (Lipinski definition) is 4. The van der Waals surface area contributed by atoms with Gasteiger partial charge in [-0.1, -0.05) is 6.07 Å². The number of hydrogen-bond donors (Lipinski definition) is 1. The van der Waals surface area contributed by atoms with Gasteiger partial charge in [0.1, 0.15) is 12.4 Å². The van der Waals surface area contributed by atoms with Gasteiger partial charge in [0.2, 0.25) is 5.91 Å². The van der Waals surface area contributed by atoms with Gasteiger partial charge in [0.25, 0.3) is 0 Å². The lowest BCUT2D eigenvalue weighted by molar-refractivity contribution is -0.131. The number of ether oxygens (including phenoxy) is 1. The van der Waals surface area contributed by atoms with E-state index in [0.717, 1.165) is 35.7 Å². The van der Waals surface area contributed by atoms with E-state index in [1.165, 1.54) is 24.1 Å². The van der Waals surface area contributed by atoms with Gasteiger partial charge in [-0.2, -0.15) is 5.10 Å². The molecule has 0 unspecified atom stereocenters. The molecule has 1 aliphatic heterocycles. The van der Waals surface area contributed by atoms with Crippen molar-refractivity contribution in [2.24, 2.45) is 7.05 Å². The number of carbonyl (C=O) groups excluding carboxylic acids is 1. The van der Waals surface area contributed by atoms with E-state index in [0.29, 0.717) is 32.0 Å². The molecule has 0 spiro atoms. The topological polar surface area (TPSA) is 66.4 Å². The summed E-state index contributed by atoms with van der Waals surface area (Å²) in [6.45, 7) is 3.37. The van der Waals surface area contributed by atoms with Crippen LogP contribution in [0.1, 0.15) is 46.8 Å². The zero-order chi connectivity index (χ0) is 22.1. The van der Waals surface area contributed by atoms with E-state index >= 15 is 0 Å². The largest absolute Gasteiger partial charge is 0.491 e. The van der Waals surface area contributed by atoms with E-state index in [2.05, 4.69) is 40.3 Å². The second-order valence-corrected chi connectivity index (χ2v) is 9.23. The quantitative estimate of drug-likeness (QED) is 0.621. The molecule has 7 nitrogen and oxygen atoms in total. The third-order valence-electron chi connectivity index (χ3n) is 6.25. The highest BCUT2D eigenvalue weighted by Gasteiger charge is 2.26. The van der Waals surface area contributed by atoms with Crippen molar-refractivity contribution in [3.05, 3.63) is 70.8 Å². The lowest BCUT2D eigenvalue weighted by Gasteiger charge is -2.20. The Hall–Kier alpha value is -3.06. The van der Waals surface area contributed by atoms with Gasteiger partial charge in [0.05, 0.1) is 18.7 Å². The lowest BCUT2D eigenvalue weighted by atomic mass is 10.1. The Bertz CT molecular complexity index is 1100. The van der Waals surface area contributed by atoms with E-state index in [1.807, 2.05) is 41.0 Å². The molecule has 32 heavy (non-hydrogen) atoms. The van der Waals surface area contributed by atoms with E-state index in [4.69, 9.17) is 4.74 Å². The van der Waals surface area contributed by atoms with E-state index in [1.54, 1.807) is 0 Å². The maximum absolute atomic E-state index is 12.9. The van der Waals surface area contributed by atoms with Gasteiger partial charge in [-0.15, -0.1) is 0 Å². The fourth-order valence-electron chi connectivity index (χ4n) is 4.42. The highest BCUT2D eigenvalue weighted by atomic mass is 16.5. The summed E-state index contributed by atoms with van der Waals surface area (Å²) in [5.74, 6) is 1.69. The van der Waals surface area contributed by atoms with Crippen LogP contribution in [0, 0.1) is 0 Å². The monoisotopic (exact) mass is 433 g/mol. The third kappa shape index (κ3) is 4.88. The average Bonchev–Trinajstić information content (AvgIpc) is 3.44. The third-order valence-corrected chi connectivity index (χ3v) is 6.25. The Balaban J connectivity index is 1.22. The first-order chi connectivity index (χ1) is 15.5. The van der Waals surface area contributed by atoms with Gasteiger partial charge in [0.15, 0.2) is 0 Å². The summed E-state index contributed by atoms with van der Waals surface area (Å²) in [6, 6.07) is 10.6. The Morgan fingerprint density at radius 1 is 1.22 bits per heavy atom. The summed E-state index contributed by atoms with van der Waals surface area (Å²) >= 11 is 0. The minimum Gasteiger partial charge on any atom is -0.491 e. The molecule has 0 radical (unpaired) electrons. The summed E-state index contributed by atoms with van der Waals surface area (Å²) in [7, 11) is 4.09. The first-order valence-corrected chi connectivity index (χ1v) is 11.4. The molecule has 0 atom stereocenters. The number of fused-ring (bicyclic) bond motifs is 1. The second-order valence-electron chi connectivity index (χ2n) is 9.23. The van der Waals surface area contributed by atoms with Crippen LogP contribution in [0.4, 0.5) is 0 Å². The molecule has 1 saturated carbocycles. The fourth-order valence-corrected chi connectivity index (χ4v) is 4.42. The SMILES string of the molecule is CN(Cc1ccc2c(c1)CN(C(=O)Cc1ccn(C)c1)CCO2)Cc1cc(C2CC2)n[nH]1. The molecule has 3 heterocycles. The minimum atomic E-state index is 0.140. The number of nitrogens with zero attached hydrogens (tertiary/aromatic N) is 4. The number of aromatic nitrogens is 3. The standard InChI is InChI=1S/C25H31N5O2/c1-28-8-7-19(14-28)12-25(31)30-9-10-32-24-6-3-18(11-21(24)16-30)15-29(2)17-22-13-23(27-26-22)20-4-5-20/h3,6-8,11,13-14,20H,4-5,9-10,12,15-17H2,1-2H3,(H,26,27). The van der Waals surface area contributed by atoms with Crippen molar-refractivity contribution >= 4 is 5.91 Å². The summed E-state index contributed by atoms with van der Waals surface area (Å²) in [6.07, 6.45) is 6.93. The number of carbonyl (C=O) groups is 1. The molecule has 168 valence electrons. The summed E-state index contributed by atoms with van der Waals surface area (Å²) < 4.78 is 7.92. The van der Waals surface area contributed by atoms with Gasteiger partial charge in [0, 0.05) is 56.3 Å². The first-order valence-electron chi connectivity index (χ1n) is 11.4. The van der Waals surface area contributed by atoms with Gasteiger partial charge in [-0.3, -0.25) is 14.8 Å². The average molecular weight is 434 g/mol. The molecule has 3 aromatic rings. The second kappa shape index (κ2) is 8.82. The van der Waals surface area contributed by atoms with Crippen LogP contribution < -0.4 is 4.74 Å².